The van der Waals surface area contributed by atoms with Gasteiger partial charge in [0.2, 0.25) is 0 Å². The number of H-pyrrole nitrogens is 2. The first-order valence-corrected chi connectivity index (χ1v) is 11.7. The Balaban J connectivity index is 1.65. The van der Waals surface area contributed by atoms with E-state index < -0.39 is 11.2 Å². The Hall–Kier alpha value is -4.69. The normalized spacial score (nSPS) is 10.9. The smallest absolute Gasteiger partial charge is 0.325 e. The van der Waals surface area contributed by atoms with Gasteiger partial charge in [-0.1, -0.05) is 35.9 Å². The minimum absolute atomic E-state index is 0.191. The molecule has 9 heteroatoms. The van der Waals surface area contributed by atoms with Gasteiger partial charge in [-0.15, -0.1) is 0 Å². The van der Waals surface area contributed by atoms with Gasteiger partial charge in [0, 0.05) is 34.7 Å². The average Bonchev–Trinajstić information content (AvgIpc) is 2.89. The Morgan fingerprint density at radius 3 is 2.57 bits per heavy atom. The molecule has 0 bridgehead atoms. The van der Waals surface area contributed by atoms with Crippen LogP contribution in [0.4, 0.5) is 0 Å². The highest BCUT2D eigenvalue weighted by molar-refractivity contribution is 6.31. The molecule has 0 aliphatic heterocycles. The molecular formula is C28H21ClN4O4. The van der Waals surface area contributed by atoms with Gasteiger partial charge in [-0.05, 0) is 60.0 Å². The van der Waals surface area contributed by atoms with E-state index in [9.17, 15) is 14.4 Å². The second-order valence-corrected chi connectivity index (χ2v) is 8.84. The van der Waals surface area contributed by atoms with E-state index in [-0.39, 0.29) is 16.7 Å². The van der Waals surface area contributed by atoms with E-state index in [0.29, 0.717) is 34.2 Å². The van der Waals surface area contributed by atoms with E-state index in [4.69, 9.17) is 16.3 Å². The lowest BCUT2D eigenvalue weighted by Gasteiger charge is -2.14. The van der Waals surface area contributed by atoms with Crippen molar-refractivity contribution in [3.63, 3.8) is 0 Å². The van der Waals surface area contributed by atoms with Gasteiger partial charge in [-0.25, -0.2) is 4.79 Å². The summed E-state index contributed by atoms with van der Waals surface area (Å²) in [6, 6.07) is 18.0. The number of benzene rings is 2. The van der Waals surface area contributed by atoms with Gasteiger partial charge in [0.05, 0.1) is 17.4 Å². The summed E-state index contributed by atoms with van der Waals surface area (Å²) >= 11 is 6.43. The van der Waals surface area contributed by atoms with Crippen molar-refractivity contribution in [3.05, 3.63) is 133 Å². The summed E-state index contributed by atoms with van der Waals surface area (Å²) in [4.78, 5) is 46.6. The fourth-order valence-corrected chi connectivity index (χ4v) is 4.21. The number of pyridine rings is 2. The minimum Gasteiger partial charge on any atom is -0.489 e. The van der Waals surface area contributed by atoms with Crippen molar-refractivity contribution >= 4 is 11.6 Å². The quantitative estimate of drug-likeness (QED) is 0.348. The zero-order chi connectivity index (χ0) is 25.9. The number of aromatic amines is 2. The highest BCUT2D eigenvalue weighted by atomic mass is 35.5. The van der Waals surface area contributed by atoms with Gasteiger partial charge < -0.3 is 9.72 Å². The number of aryl methyl sites for hydroxylation is 1. The fraction of sp³-hybridized carbons (Fsp3) is 0.0714. The lowest BCUT2D eigenvalue weighted by molar-refractivity contribution is 0.305. The zero-order valence-corrected chi connectivity index (χ0v) is 20.5. The van der Waals surface area contributed by atoms with Crippen molar-refractivity contribution in [2.75, 3.05) is 0 Å². The molecule has 37 heavy (non-hydrogen) atoms. The van der Waals surface area contributed by atoms with Crippen LogP contribution in [0.25, 0.3) is 27.9 Å². The summed E-state index contributed by atoms with van der Waals surface area (Å²) in [5, 5.41) is 0.386. The van der Waals surface area contributed by atoms with Crippen molar-refractivity contribution in [1.29, 1.82) is 0 Å². The van der Waals surface area contributed by atoms with Gasteiger partial charge in [-0.2, -0.15) is 0 Å². The van der Waals surface area contributed by atoms with Gasteiger partial charge in [-0.3, -0.25) is 24.1 Å². The fourth-order valence-electron chi connectivity index (χ4n) is 3.98. The lowest BCUT2D eigenvalue weighted by Crippen LogP contribution is -2.24. The molecule has 0 saturated carbocycles. The Morgan fingerprint density at radius 1 is 0.973 bits per heavy atom. The van der Waals surface area contributed by atoms with Crippen molar-refractivity contribution in [1.82, 2.24) is 19.5 Å². The number of nitrogens with one attached hydrogen (secondary N) is 2. The first-order valence-electron chi connectivity index (χ1n) is 11.4. The molecule has 0 atom stereocenters. The summed E-state index contributed by atoms with van der Waals surface area (Å²) in [6.07, 6.45) is 5.99. The number of aromatic nitrogens is 4. The van der Waals surface area contributed by atoms with Crippen LogP contribution in [-0.4, -0.2) is 19.5 Å². The molecule has 8 nitrogen and oxygen atoms in total. The molecule has 5 rings (SSSR count). The van der Waals surface area contributed by atoms with Crippen LogP contribution in [0.3, 0.4) is 0 Å². The van der Waals surface area contributed by atoms with Gasteiger partial charge in [0.1, 0.15) is 12.4 Å². The molecule has 3 aromatic heterocycles. The van der Waals surface area contributed by atoms with Crippen molar-refractivity contribution in [3.8, 4) is 33.7 Å². The molecule has 0 unspecified atom stereocenters. The number of hydrogen-bond donors (Lipinski definition) is 2. The summed E-state index contributed by atoms with van der Waals surface area (Å²) < 4.78 is 7.42. The third kappa shape index (κ3) is 5.14. The summed E-state index contributed by atoms with van der Waals surface area (Å²) in [6.45, 7) is 2.34. The molecule has 0 amide bonds. The van der Waals surface area contributed by atoms with E-state index >= 15 is 0 Å². The van der Waals surface area contributed by atoms with Crippen LogP contribution in [-0.2, 0) is 6.61 Å². The third-order valence-electron chi connectivity index (χ3n) is 5.91. The number of hydrogen-bond acceptors (Lipinski definition) is 5. The zero-order valence-electron chi connectivity index (χ0n) is 19.7. The van der Waals surface area contributed by atoms with Crippen molar-refractivity contribution in [2.24, 2.45) is 0 Å². The Bertz CT molecular complexity index is 1770. The van der Waals surface area contributed by atoms with Crippen LogP contribution in [0, 0.1) is 6.92 Å². The molecule has 5 aromatic rings. The Kier molecular flexibility index (Phi) is 6.57. The van der Waals surface area contributed by atoms with Gasteiger partial charge >= 0.3 is 5.69 Å². The molecule has 0 radical (unpaired) electrons. The maximum absolute atomic E-state index is 13.6. The SMILES string of the molecule is Cc1ccccc1COc1cc(Cl)cc(-c2cc(-c3c[nH]c(=O)[nH]c3=O)cn(-c3cccnc3)c2=O)c1. The van der Waals surface area contributed by atoms with E-state index in [1.807, 2.05) is 31.2 Å². The van der Waals surface area contributed by atoms with Crippen LogP contribution >= 0.6 is 11.6 Å². The first-order chi connectivity index (χ1) is 17.9. The summed E-state index contributed by atoms with van der Waals surface area (Å²) in [5.74, 6) is 0.491. The largest absolute Gasteiger partial charge is 0.489 e. The number of halogens is 1. The number of rotatable bonds is 6. The standard InChI is InChI=1S/C28H21ClN4O4/c1-17-5-2-3-6-18(17)16-37-23-10-19(9-21(29)12-23)24-11-20(25-14-31-28(36)32-26(25)34)15-33(27(24)35)22-7-4-8-30-13-22/h2-15H,16H2,1H3,(H2,31,32,34,36). The molecule has 184 valence electrons. The maximum atomic E-state index is 13.6. The summed E-state index contributed by atoms with van der Waals surface area (Å²) in [7, 11) is 0. The monoisotopic (exact) mass is 512 g/mol. The molecule has 2 N–H and O–H groups in total. The van der Waals surface area contributed by atoms with Crippen molar-refractivity contribution in [2.45, 2.75) is 13.5 Å². The predicted molar refractivity (Wildman–Crippen MR) is 142 cm³/mol. The van der Waals surface area contributed by atoms with E-state index in [1.165, 1.54) is 17.0 Å². The molecule has 2 aromatic carbocycles. The van der Waals surface area contributed by atoms with Crippen LogP contribution in [0.15, 0.2) is 99.8 Å². The first kappa shape index (κ1) is 24.0. The number of ether oxygens (including phenoxy) is 1. The summed E-state index contributed by atoms with van der Waals surface area (Å²) in [5.41, 5.74) is 2.49. The van der Waals surface area contributed by atoms with Crippen LogP contribution < -0.4 is 21.5 Å². The molecular weight excluding hydrogens is 492 g/mol. The minimum atomic E-state index is -0.625. The molecule has 0 aliphatic carbocycles. The topological polar surface area (TPSA) is 110 Å². The van der Waals surface area contributed by atoms with Gasteiger partial charge in [0.25, 0.3) is 11.1 Å². The third-order valence-corrected chi connectivity index (χ3v) is 6.13. The van der Waals surface area contributed by atoms with Gasteiger partial charge in [0.15, 0.2) is 0 Å². The molecule has 0 fully saturated rings. The van der Waals surface area contributed by atoms with E-state index in [1.54, 1.807) is 48.8 Å². The highest BCUT2D eigenvalue weighted by Gasteiger charge is 2.15. The molecule has 3 heterocycles. The predicted octanol–water partition coefficient (Wildman–Crippen LogP) is 4.48. The van der Waals surface area contributed by atoms with E-state index in [0.717, 1.165) is 11.1 Å². The molecule has 0 aliphatic rings. The second-order valence-electron chi connectivity index (χ2n) is 8.41. The van der Waals surface area contributed by atoms with Crippen LogP contribution in [0.1, 0.15) is 11.1 Å². The van der Waals surface area contributed by atoms with Crippen LogP contribution in [0.2, 0.25) is 5.02 Å². The molecule has 0 saturated heterocycles. The Labute approximate surface area is 215 Å². The van der Waals surface area contributed by atoms with Crippen LogP contribution in [0.5, 0.6) is 5.75 Å². The number of nitrogens with zero attached hydrogens (tertiary/aromatic N) is 2. The maximum Gasteiger partial charge on any atom is 0.325 e. The Morgan fingerprint density at radius 2 is 1.81 bits per heavy atom. The second kappa shape index (κ2) is 10.1. The van der Waals surface area contributed by atoms with E-state index in [2.05, 4.69) is 15.0 Å². The van der Waals surface area contributed by atoms with Crippen molar-refractivity contribution < 1.29 is 4.74 Å². The highest BCUT2D eigenvalue weighted by Crippen LogP contribution is 2.30. The average molecular weight is 513 g/mol. The lowest BCUT2D eigenvalue weighted by atomic mass is 10.0. The molecule has 0 spiro atoms.